The Morgan fingerprint density at radius 1 is 1.27 bits per heavy atom. The van der Waals surface area contributed by atoms with Crippen LogP contribution in [0.2, 0.25) is 0 Å². The molecule has 2 aromatic rings. The highest BCUT2D eigenvalue weighted by Gasteiger charge is 2.15. The fourth-order valence-electron chi connectivity index (χ4n) is 2.38. The Hall–Kier alpha value is -1.24. The van der Waals surface area contributed by atoms with Gasteiger partial charge in [-0.05, 0) is 30.9 Å². The van der Waals surface area contributed by atoms with Crippen molar-refractivity contribution < 1.29 is 0 Å². The lowest BCUT2D eigenvalue weighted by molar-refractivity contribution is 0.725. The minimum absolute atomic E-state index is 0.649. The molecule has 1 unspecified atom stereocenters. The van der Waals surface area contributed by atoms with Gasteiger partial charge in [0.05, 0.1) is 0 Å². The van der Waals surface area contributed by atoms with Gasteiger partial charge in [-0.3, -0.25) is 0 Å². The summed E-state index contributed by atoms with van der Waals surface area (Å²) in [6, 6.07) is 8.69. The molecule has 0 aliphatic carbocycles. The maximum atomic E-state index is 2.31. The molecule has 0 amide bonds. The summed E-state index contributed by atoms with van der Waals surface area (Å²) in [5.41, 5.74) is 4.28. The van der Waals surface area contributed by atoms with Crippen LogP contribution >= 0.6 is 0 Å². The third-order valence-electron chi connectivity index (χ3n) is 3.55. The summed E-state index contributed by atoms with van der Waals surface area (Å²) >= 11 is 0. The van der Waals surface area contributed by atoms with Crippen LogP contribution in [0.1, 0.15) is 37.4 Å². The first-order valence-electron chi connectivity index (χ1n) is 5.70. The third-order valence-corrected chi connectivity index (χ3v) is 3.55. The zero-order valence-corrected chi connectivity index (χ0v) is 10.0. The van der Waals surface area contributed by atoms with E-state index in [9.17, 15) is 0 Å². The molecule has 0 saturated heterocycles. The Bertz CT molecular complexity index is 479. The summed E-state index contributed by atoms with van der Waals surface area (Å²) in [4.78, 5) is 0. The average Bonchev–Trinajstić information content (AvgIpc) is 2.52. The molecule has 0 N–H and O–H groups in total. The van der Waals surface area contributed by atoms with E-state index in [4.69, 9.17) is 0 Å². The number of benzene rings is 1. The van der Waals surface area contributed by atoms with Crippen molar-refractivity contribution in [3.8, 4) is 0 Å². The number of para-hydroxylation sites is 1. The van der Waals surface area contributed by atoms with Crippen LogP contribution in [-0.2, 0) is 7.05 Å². The molecule has 0 fully saturated rings. The van der Waals surface area contributed by atoms with Gasteiger partial charge in [0.2, 0.25) is 0 Å². The monoisotopic (exact) mass is 201 g/mol. The molecule has 0 aliphatic heterocycles. The van der Waals surface area contributed by atoms with Crippen molar-refractivity contribution in [1.29, 1.82) is 0 Å². The Morgan fingerprint density at radius 3 is 2.60 bits per heavy atom. The van der Waals surface area contributed by atoms with E-state index in [1.54, 1.807) is 0 Å². The molecule has 1 heteroatoms. The van der Waals surface area contributed by atoms with E-state index in [1.807, 2.05) is 0 Å². The summed E-state index contributed by atoms with van der Waals surface area (Å²) in [6.45, 7) is 6.79. The molecule has 1 nitrogen and oxygen atoms in total. The minimum Gasteiger partial charge on any atom is -0.348 e. The number of hydrogen-bond acceptors (Lipinski definition) is 0. The number of nitrogens with zero attached hydrogens (tertiary/aromatic N) is 1. The first-order chi connectivity index (χ1) is 7.16. The highest BCUT2D eigenvalue weighted by molar-refractivity contribution is 5.85. The normalized spacial score (nSPS) is 13.3. The molecule has 0 radical (unpaired) electrons. The molecule has 0 aliphatic rings. The predicted octanol–water partition coefficient (Wildman–Crippen LogP) is 4.00. The van der Waals surface area contributed by atoms with Crippen LogP contribution in [0.4, 0.5) is 0 Å². The van der Waals surface area contributed by atoms with Crippen LogP contribution in [0, 0.1) is 6.92 Å². The van der Waals surface area contributed by atoms with Crippen molar-refractivity contribution in [1.82, 2.24) is 4.57 Å². The highest BCUT2D eigenvalue weighted by Crippen LogP contribution is 2.32. The fraction of sp³-hybridized carbons (Fsp3) is 0.429. The van der Waals surface area contributed by atoms with Crippen LogP contribution in [0.3, 0.4) is 0 Å². The number of fused-ring (bicyclic) bond motifs is 1. The summed E-state index contributed by atoms with van der Waals surface area (Å²) in [7, 11) is 2.16. The topological polar surface area (TPSA) is 4.93 Å². The Morgan fingerprint density at radius 2 is 1.93 bits per heavy atom. The Balaban J connectivity index is 2.77. The van der Waals surface area contributed by atoms with E-state index in [1.165, 1.54) is 28.6 Å². The first-order valence-corrected chi connectivity index (χ1v) is 5.70. The molecule has 80 valence electrons. The van der Waals surface area contributed by atoms with Gasteiger partial charge in [-0.25, -0.2) is 0 Å². The standard InChI is InChI=1S/C14H19N/c1-5-10(2)14-11(3)15(4)13-9-7-6-8-12(13)14/h6-10H,5H2,1-4H3. The third kappa shape index (κ3) is 1.46. The maximum Gasteiger partial charge on any atom is 0.0482 e. The van der Waals surface area contributed by atoms with Crippen molar-refractivity contribution in [2.45, 2.75) is 33.1 Å². The number of aryl methyl sites for hydroxylation is 1. The smallest absolute Gasteiger partial charge is 0.0482 e. The summed E-state index contributed by atoms with van der Waals surface area (Å²) in [5, 5.41) is 1.42. The van der Waals surface area contributed by atoms with Crippen molar-refractivity contribution in [3.63, 3.8) is 0 Å². The van der Waals surface area contributed by atoms with Crippen LogP contribution in [0.5, 0.6) is 0 Å². The molecule has 1 aromatic heterocycles. The molecule has 2 rings (SSSR count). The second-order valence-electron chi connectivity index (χ2n) is 4.38. The fourth-order valence-corrected chi connectivity index (χ4v) is 2.38. The van der Waals surface area contributed by atoms with E-state index in [-0.39, 0.29) is 0 Å². The van der Waals surface area contributed by atoms with Gasteiger partial charge >= 0.3 is 0 Å². The van der Waals surface area contributed by atoms with Crippen LogP contribution in [0.15, 0.2) is 24.3 Å². The van der Waals surface area contributed by atoms with Gasteiger partial charge in [-0.2, -0.15) is 0 Å². The molecule has 1 heterocycles. The Labute approximate surface area is 91.7 Å². The quantitative estimate of drug-likeness (QED) is 0.692. The van der Waals surface area contributed by atoms with Gasteiger partial charge < -0.3 is 4.57 Å². The summed E-state index contributed by atoms with van der Waals surface area (Å²) in [6.07, 6.45) is 1.20. The predicted molar refractivity (Wildman–Crippen MR) is 66.4 cm³/mol. The number of hydrogen-bond donors (Lipinski definition) is 0. The van der Waals surface area contributed by atoms with Crippen LogP contribution in [-0.4, -0.2) is 4.57 Å². The summed E-state index contributed by atoms with van der Waals surface area (Å²) in [5.74, 6) is 0.649. The SMILES string of the molecule is CCC(C)c1c(C)n(C)c2ccccc12. The van der Waals surface area contributed by atoms with Gasteiger partial charge in [0.15, 0.2) is 0 Å². The van der Waals surface area contributed by atoms with Crippen molar-refractivity contribution in [2.75, 3.05) is 0 Å². The second-order valence-corrected chi connectivity index (χ2v) is 4.38. The van der Waals surface area contributed by atoms with Gasteiger partial charge in [0.1, 0.15) is 0 Å². The van der Waals surface area contributed by atoms with Crippen molar-refractivity contribution >= 4 is 10.9 Å². The van der Waals surface area contributed by atoms with Crippen molar-refractivity contribution in [2.24, 2.45) is 7.05 Å². The van der Waals surface area contributed by atoms with E-state index in [0.717, 1.165) is 0 Å². The molecular weight excluding hydrogens is 182 g/mol. The lowest BCUT2D eigenvalue weighted by Gasteiger charge is -2.09. The van der Waals surface area contributed by atoms with Crippen LogP contribution in [0.25, 0.3) is 10.9 Å². The van der Waals surface area contributed by atoms with Gasteiger partial charge in [-0.15, -0.1) is 0 Å². The maximum absolute atomic E-state index is 2.31. The first kappa shape index (κ1) is 10.3. The molecule has 0 spiro atoms. The second kappa shape index (κ2) is 3.73. The molecule has 0 bridgehead atoms. The zero-order chi connectivity index (χ0) is 11.0. The van der Waals surface area contributed by atoms with Gasteiger partial charge in [0.25, 0.3) is 0 Å². The molecular formula is C14H19N. The van der Waals surface area contributed by atoms with E-state index in [2.05, 4.69) is 56.7 Å². The van der Waals surface area contributed by atoms with E-state index in [0.29, 0.717) is 5.92 Å². The summed E-state index contributed by atoms with van der Waals surface area (Å²) < 4.78 is 2.30. The number of aromatic nitrogens is 1. The number of rotatable bonds is 2. The molecule has 1 aromatic carbocycles. The van der Waals surface area contributed by atoms with Gasteiger partial charge in [0, 0.05) is 23.6 Å². The lowest BCUT2D eigenvalue weighted by Crippen LogP contribution is -1.95. The highest BCUT2D eigenvalue weighted by atomic mass is 14.9. The molecule has 1 atom stereocenters. The van der Waals surface area contributed by atoms with Gasteiger partial charge in [-0.1, -0.05) is 32.0 Å². The Kier molecular flexibility index (Phi) is 2.56. The molecule has 15 heavy (non-hydrogen) atoms. The zero-order valence-electron chi connectivity index (χ0n) is 10.0. The largest absolute Gasteiger partial charge is 0.348 e. The molecule has 0 saturated carbocycles. The van der Waals surface area contributed by atoms with Crippen LogP contribution < -0.4 is 0 Å². The van der Waals surface area contributed by atoms with Crippen molar-refractivity contribution in [3.05, 3.63) is 35.5 Å². The lowest BCUT2D eigenvalue weighted by atomic mass is 9.96. The average molecular weight is 201 g/mol. The van der Waals surface area contributed by atoms with E-state index < -0.39 is 0 Å². The van der Waals surface area contributed by atoms with E-state index >= 15 is 0 Å². The minimum atomic E-state index is 0.649.